The Kier molecular flexibility index (Phi) is 3.55. The summed E-state index contributed by atoms with van der Waals surface area (Å²) in [6, 6.07) is 3.30. The maximum Gasteiger partial charge on any atom is 0.335 e. The number of carboxylic acids is 1. The largest absolute Gasteiger partial charge is 0.478 e. The predicted molar refractivity (Wildman–Crippen MR) is 67.7 cm³/mol. The Balaban J connectivity index is 2.05. The summed E-state index contributed by atoms with van der Waals surface area (Å²) in [6.45, 7) is 2.61. The molecular weight excluding hydrogens is 249 g/mol. The van der Waals surface area contributed by atoms with Crippen molar-refractivity contribution >= 4 is 11.9 Å². The lowest BCUT2D eigenvalue weighted by Crippen LogP contribution is -2.30. The summed E-state index contributed by atoms with van der Waals surface area (Å²) in [4.78, 5) is 22.5. The molecule has 0 aromatic heterocycles. The first-order valence-corrected chi connectivity index (χ1v) is 6.28. The molecule has 1 aromatic carbocycles. The van der Waals surface area contributed by atoms with Crippen molar-refractivity contribution in [3.05, 3.63) is 35.1 Å². The van der Waals surface area contributed by atoms with Gasteiger partial charge >= 0.3 is 5.97 Å². The smallest absolute Gasteiger partial charge is 0.335 e. The summed E-state index contributed by atoms with van der Waals surface area (Å²) < 4.78 is 13.7. The van der Waals surface area contributed by atoms with Crippen LogP contribution in [0.15, 0.2) is 18.2 Å². The topological polar surface area (TPSA) is 66.4 Å². The van der Waals surface area contributed by atoms with Gasteiger partial charge in [-0.15, -0.1) is 0 Å². The molecule has 0 bridgehead atoms. The van der Waals surface area contributed by atoms with Gasteiger partial charge in [-0.05, 0) is 42.9 Å². The van der Waals surface area contributed by atoms with Crippen molar-refractivity contribution in [1.82, 2.24) is 5.32 Å². The zero-order valence-corrected chi connectivity index (χ0v) is 10.7. The summed E-state index contributed by atoms with van der Waals surface area (Å²) in [7, 11) is 0. The molecule has 0 aliphatic heterocycles. The summed E-state index contributed by atoms with van der Waals surface area (Å²) in [5.74, 6) is -2.51. The van der Waals surface area contributed by atoms with E-state index in [2.05, 4.69) is 12.2 Å². The molecule has 0 saturated heterocycles. The summed E-state index contributed by atoms with van der Waals surface area (Å²) in [5.41, 5.74) is -0.0918. The van der Waals surface area contributed by atoms with Crippen LogP contribution in [0.1, 0.15) is 46.9 Å². The molecule has 1 saturated carbocycles. The summed E-state index contributed by atoms with van der Waals surface area (Å²) in [5, 5.41) is 11.4. The Morgan fingerprint density at radius 2 is 2.11 bits per heavy atom. The Bertz CT molecular complexity index is 523. The van der Waals surface area contributed by atoms with E-state index in [0.29, 0.717) is 6.54 Å². The van der Waals surface area contributed by atoms with Crippen LogP contribution in [-0.4, -0.2) is 23.5 Å². The fourth-order valence-corrected chi connectivity index (χ4v) is 2.03. The lowest BCUT2D eigenvalue weighted by atomic mass is 10.0. The van der Waals surface area contributed by atoms with Crippen molar-refractivity contribution in [1.29, 1.82) is 0 Å². The van der Waals surface area contributed by atoms with Gasteiger partial charge in [0.05, 0.1) is 11.1 Å². The first kappa shape index (κ1) is 13.5. The number of halogens is 1. The number of carbonyl (C=O) groups excluding carboxylic acids is 1. The normalized spacial score (nSPS) is 15.9. The molecule has 0 unspecified atom stereocenters. The third kappa shape index (κ3) is 2.92. The minimum atomic E-state index is -1.21. The maximum absolute atomic E-state index is 13.7. The van der Waals surface area contributed by atoms with Gasteiger partial charge < -0.3 is 10.4 Å². The van der Waals surface area contributed by atoms with Crippen molar-refractivity contribution in [2.75, 3.05) is 6.54 Å². The van der Waals surface area contributed by atoms with E-state index in [-0.39, 0.29) is 16.5 Å². The quantitative estimate of drug-likeness (QED) is 0.859. The minimum Gasteiger partial charge on any atom is -0.478 e. The van der Waals surface area contributed by atoms with Gasteiger partial charge in [-0.2, -0.15) is 0 Å². The molecule has 1 amide bonds. The van der Waals surface area contributed by atoms with E-state index in [1.54, 1.807) is 0 Å². The summed E-state index contributed by atoms with van der Waals surface area (Å²) >= 11 is 0. The molecule has 2 N–H and O–H groups in total. The number of hydrogen-bond donors (Lipinski definition) is 2. The number of nitrogens with one attached hydrogen (secondary N) is 1. The number of carbonyl (C=O) groups is 2. The number of carboxylic acid groups (broad SMARTS) is 1. The van der Waals surface area contributed by atoms with Gasteiger partial charge in [0.25, 0.3) is 5.91 Å². The number of amides is 1. The molecule has 1 fully saturated rings. The van der Waals surface area contributed by atoms with Crippen LogP contribution >= 0.6 is 0 Å². The molecule has 1 aliphatic carbocycles. The van der Waals surface area contributed by atoms with E-state index < -0.39 is 17.7 Å². The van der Waals surface area contributed by atoms with Crippen molar-refractivity contribution in [3.8, 4) is 0 Å². The first-order chi connectivity index (χ1) is 8.97. The average molecular weight is 265 g/mol. The van der Waals surface area contributed by atoms with Gasteiger partial charge in [0.2, 0.25) is 0 Å². The molecule has 19 heavy (non-hydrogen) atoms. The number of benzene rings is 1. The second-order valence-electron chi connectivity index (χ2n) is 5.04. The Hall–Kier alpha value is -1.91. The second-order valence-corrected chi connectivity index (χ2v) is 5.04. The molecular formula is C14H16FNO3. The predicted octanol–water partition coefficient (Wildman–Crippen LogP) is 2.44. The lowest BCUT2D eigenvalue weighted by Gasteiger charge is -2.13. The molecule has 0 atom stereocenters. The third-order valence-corrected chi connectivity index (χ3v) is 3.79. The van der Waals surface area contributed by atoms with E-state index >= 15 is 0 Å². The molecule has 1 aromatic rings. The van der Waals surface area contributed by atoms with Gasteiger partial charge in [-0.3, -0.25) is 4.79 Å². The third-order valence-electron chi connectivity index (χ3n) is 3.79. The number of rotatable bonds is 5. The van der Waals surface area contributed by atoms with Crippen LogP contribution in [0.4, 0.5) is 4.39 Å². The Morgan fingerprint density at radius 1 is 1.42 bits per heavy atom. The van der Waals surface area contributed by atoms with Crippen LogP contribution in [0.5, 0.6) is 0 Å². The number of aromatic carboxylic acids is 1. The molecule has 0 spiro atoms. The highest BCUT2D eigenvalue weighted by molar-refractivity contribution is 5.96. The van der Waals surface area contributed by atoms with Gasteiger partial charge in [0, 0.05) is 6.54 Å². The minimum absolute atomic E-state index is 0.114. The highest BCUT2D eigenvalue weighted by Crippen LogP contribution is 2.47. The van der Waals surface area contributed by atoms with Crippen LogP contribution in [0.2, 0.25) is 0 Å². The standard InChI is InChI=1S/C14H16FNO3/c1-2-14(5-6-14)8-16-12(17)10-4-3-9(13(18)19)7-11(10)15/h3-4,7H,2,5-6,8H2,1H3,(H,16,17)(H,18,19). The number of hydrogen-bond acceptors (Lipinski definition) is 2. The van der Waals surface area contributed by atoms with Crippen molar-refractivity contribution < 1.29 is 19.1 Å². The lowest BCUT2D eigenvalue weighted by molar-refractivity contribution is 0.0695. The van der Waals surface area contributed by atoms with Crippen LogP contribution in [-0.2, 0) is 0 Å². The molecule has 2 rings (SSSR count). The van der Waals surface area contributed by atoms with E-state index in [1.165, 1.54) is 12.1 Å². The molecule has 5 heteroatoms. The molecule has 4 nitrogen and oxygen atoms in total. The fraction of sp³-hybridized carbons (Fsp3) is 0.429. The van der Waals surface area contributed by atoms with E-state index in [1.807, 2.05) is 0 Å². The van der Waals surface area contributed by atoms with E-state index in [9.17, 15) is 14.0 Å². The van der Waals surface area contributed by atoms with Crippen LogP contribution < -0.4 is 5.32 Å². The van der Waals surface area contributed by atoms with Gasteiger partial charge in [-0.1, -0.05) is 6.92 Å². The Labute approximate surface area is 110 Å². The molecule has 0 radical (unpaired) electrons. The molecule has 0 heterocycles. The SMILES string of the molecule is CCC1(CNC(=O)c2ccc(C(=O)O)cc2F)CC1. The van der Waals surface area contributed by atoms with Gasteiger partial charge in [0.1, 0.15) is 5.82 Å². The van der Waals surface area contributed by atoms with Crippen molar-refractivity contribution in [3.63, 3.8) is 0 Å². The van der Waals surface area contributed by atoms with Gasteiger partial charge in [-0.25, -0.2) is 9.18 Å². The second kappa shape index (κ2) is 4.99. The summed E-state index contributed by atoms with van der Waals surface area (Å²) in [6.07, 6.45) is 3.17. The van der Waals surface area contributed by atoms with Crippen LogP contribution in [0, 0.1) is 11.2 Å². The zero-order valence-electron chi connectivity index (χ0n) is 10.7. The zero-order chi connectivity index (χ0) is 14.0. The van der Waals surface area contributed by atoms with Crippen molar-refractivity contribution in [2.24, 2.45) is 5.41 Å². The van der Waals surface area contributed by atoms with Crippen molar-refractivity contribution in [2.45, 2.75) is 26.2 Å². The van der Waals surface area contributed by atoms with Crippen LogP contribution in [0.25, 0.3) is 0 Å². The first-order valence-electron chi connectivity index (χ1n) is 6.28. The Morgan fingerprint density at radius 3 is 2.58 bits per heavy atom. The highest BCUT2D eigenvalue weighted by Gasteiger charge is 2.40. The maximum atomic E-state index is 13.7. The molecule has 1 aliphatic rings. The highest BCUT2D eigenvalue weighted by atomic mass is 19.1. The van der Waals surface area contributed by atoms with E-state index in [0.717, 1.165) is 25.3 Å². The molecule has 102 valence electrons. The monoisotopic (exact) mass is 265 g/mol. The average Bonchev–Trinajstić information content (AvgIpc) is 3.16. The van der Waals surface area contributed by atoms with Gasteiger partial charge in [0.15, 0.2) is 0 Å². The van der Waals surface area contributed by atoms with E-state index in [4.69, 9.17) is 5.11 Å². The fourth-order valence-electron chi connectivity index (χ4n) is 2.03. The van der Waals surface area contributed by atoms with Crippen LogP contribution in [0.3, 0.4) is 0 Å².